The van der Waals surface area contributed by atoms with E-state index in [-0.39, 0.29) is 0 Å². The summed E-state index contributed by atoms with van der Waals surface area (Å²) in [4.78, 5) is 5.46. The Bertz CT molecular complexity index is 231. The molecule has 0 aromatic rings. The zero-order valence-electron chi connectivity index (χ0n) is 12.9. The number of likely N-dealkylation sites (tertiary alicyclic amines) is 2. The standard InChI is InChI=1S/C16H32N2/c1-13(2)17-9-7-16(8-10-17)18-11-14(3)5-6-15(4)12-18/h13-16H,5-12H2,1-4H3. The van der Waals surface area contributed by atoms with Crippen LogP contribution in [0.1, 0.15) is 53.4 Å². The Morgan fingerprint density at radius 1 is 0.833 bits per heavy atom. The normalized spacial score (nSPS) is 33.8. The first kappa shape index (κ1) is 14.3. The molecule has 2 atom stereocenters. The molecule has 2 rings (SSSR count). The Hall–Kier alpha value is -0.0800. The minimum absolute atomic E-state index is 0.730. The summed E-state index contributed by atoms with van der Waals surface area (Å²) in [7, 11) is 0. The summed E-state index contributed by atoms with van der Waals surface area (Å²) in [5, 5.41) is 0. The number of nitrogens with zero attached hydrogens (tertiary/aromatic N) is 2. The molecule has 2 heteroatoms. The number of hydrogen-bond donors (Lipinski definition) is 0. The monoisotopic (exact) mass is 252 g/mol. The molecule has 106 valence electrons. The quantitative estimate of drug-likeness (QED) is 0.744. The highest BCUT2D eigenvalue weighted by Crippen LogP contribution is 2.26. The lowest BCUT2D eigenvalue weighted by molar-refractivity contribution is 0.0816. The lowest BCUT2D eigenvalue weighted by Crippen LogP contribution is -2.48. The molecule has 0 aromatic carbocycles. The van der Waals surface area contributed by atoms with Crippen molar-refractivity contribution in [3.63, 3.8) is 0 Å². The van der Waals surface area contributed by atoms with Crippen molar-refractivity contribution in [2.75, 3.05) is 26.2 Å². The second-order valence-electron chi connectivity index (χ2n) is 7.10. The van der Waals surface area contributed by atoms with Crippen LogP contribution in [0.4, 0.5) is 0 Å². The predicted octanol–water partition coefficient (Wildman–Crippen LogP) is 3.23. The molecule has 0 radical (unpaired) electrons. The van der Waals surface area contributed by atoms with Gasteiger partial charge in [-0.3, -0.25) is 4.90 Å². The van der Waals surface area contributed by atoms with Crippen molar-refractivity contribution < 1.29 is 0 Å². The van der Waals surface area contributed by atoms with Crippen LogP contribution in [0.2, 0.25) is 0 Å². The van der Waals surface area contributed by atoms with Gasteiger partial charge in [0, 0.05) is 25.2 Å². The summed E-state index contributed by atoms with van der Waals surface area (Å²) in [6.45, 7) is 14.8. The van der Waals surface area contributed by atoms with Crippen LogP contribution in [-0.4, -0.2) is 48.1 Å². The molecule has 2 nitrogen and oxygen atoms in total. The smallest absolute Gasteiger partial charge is 0.0120 e. The van der Waals surface area contributed by atoms with Crippen LogP contribution < -0.4 is 0 Å². The van der Waals surface area contributed by atoms with Crippen LogP contribution >= 0.6 is 0 Å². The molecule has 2 fully saturated rings. The van der Waals surface area contributed by atoms with Crippen molar-refractivity contribution in [1.82, 2.24) is 9.80 Å². The Kier molecular flexibility index (Phi) is 5.08. The van der Waals surface area contributed by atoms with Gasteiger partial charge in [-0.2, -0.15) is 0 Å². The average Bonchev–Trinajstić information content (AvgIpc) is 2.51. The summed E-state index contributed by atoms with van der Waals surface area (Å²) in [5.41, 5.74) is 0. The highest BCUT2D eigenvalue weighted by Gasteiger charge is 2.28. The molecule has 0 spiro atoms. The van der Waals surface area contributed by atoms with Gasteiger partial charge in [0.1, 0.15) is 0 Å². The lowest BCUT2D eigenvalue weighted by atomic mass is 10.0. The molecule has 2 saturated heterocycles. The third-order valence-corrected chi connectivity index (χ3v) is 4.99. The van der Waals surface area contributed by atoms with E-state index in [1.807, 2.05) is 0 Å². The predicted molar refractivity (Wildman–Crippen MR) is 78.9 cm³/mol. The number of hydrogen-bond acceptors (Lipinski definition) is 2. The molecule has 0 amide bonds. The molecule has 0 N–H and O–H groups in total. The second-order valence-corrected chi connectivity index (χ2v) is 7.10. The maximum Gasteiger partial charge on any atom is 0.0120 e. The van der Waals surface area contributed by atoms with E-state index in [1.165, 1.54) is 51.9 Å². The average molecular weight is 252 g/mol. The van der Waals surface area contributed by atoms with E-state index < -0.39 is 0 Å². The van der Waals surface area contributed by atoms with E-state index >= 15 is 0 Å². The number of piperidine rings is 1. The van der Waals surface area contributed by atoms with Gasteiger partial charge in [-0.1, -0.05) is 13.8 Å². The van der Waals surface area contributed by atoms with Gasteiger partial charge >= 0.3 is 0 Å². The first-order valence-electron chi connectivity index (χ1n) is 8.04. The van der Waals surface area contributed by atoms with Crippen molar-refractivity contribution in [3.05, 3.63) is 0 Å². The van der Waals surface area contributed by atoms with Crippen molar-refractivity contribution in [3.8, 4) is 0 Å². The molecule has 2 aliphatic rings. The van der Waals surface area contributed by atoms with Gasteiger partial charge in [0.05, 0.1) is 0 Å². The fourth-order valence-corrected chi connectivity index (χ4v) is 3.69. The largest absolute Gasteiger partial charge is 0.301 e. The maximum absolute atomic E-state index is 2.82. The van der Waals surface area contributed by atoms with Crippen LogP contribution in [0.5, 0.6) is 0 Å². The molecule has 0 saturated carbocycles. The Labute approximate surface area is 114 Å². The van der Waals surface area contributed by atoms with Crippen LogP contribution in [0.25, 0.3) is 0 Å². The molecule has 2 aliphatic heterocycles. The Morgan fingerprint density at radius 3 is 1.78 bits per heavy atom. The van der Waals surface area contributed by atoms with Gasteiger partial charge in [0.15, 0.2) is 0 Å². The molecule has 0 bridgehead atoms. The third-order valence-electron chi connectivity index (χ3n) is 4.99. The summed E-state index contributed by atoms with van der Waals surface area (Å²) in [6.07, 6.45) is 5.64. The molecule has 0 aromatic heterocycles. The van der Waals surface area contributed by atoms with Crippen molar-refractivity contribution >= 4 is 0 Å². The van der Waals surface area contributed by atoms with Crippen molar-refractivity contribution in [2.45, 2.75) is 65.5 Å². The van der Waals surface area contributed by atoms with Crippen LogP contribution in [0, 0.1) is 11.8 Å². The summed E-state index contributed by atoms with van der Waals surface area (Å²) < 4.78 is 0. The van der Waals surface area contributed by atoms with E-state index in [2.05, 4.69) is 37.5 Å². The molecular weight excluding hydrogens is 220 g/mol. The van der Waals surface area contributed by atoms with Gasteiger partial charge in [0.2, 0.25) is 0 Å². The van der Waals surface area contributed by atoms with Crippen molar-refractivity contribution in [1.29, 1.82) is 0 Å². The fourth-order valence-electron chi connectivity index (χ4n) is 3.69. The molecular formula is C16H32N2. The second kappa shape index (κ2) is 6.38. The van der Waals surface area contributed by atoms with Gasteiger partial charge in [0.25, 0.3) is 0 Å². The van der Waals surface area contributed by atoms with Crippen LogP contribution in [-0.2, 0) is 0 Å². The van der Waals surface area contributed by atoms with E-state index in [4.69, 9.17) is 0 Å². The zero-order valence-corrected chi connectivity index (χ0v) is 12.9. The summed E-state index contributed by atoms with van der Waals surface area (Å²) >= 11 is 0. The van der Waals surface area contributed by atoms with Gasteiger partial charge < -0.3 is 4.90 Å². The zero-order chi connectivity index (χ0) is 13.1. The first-order chi connectivity index (χ1) is 8.56. The summed E-state index contributed by atoms with van der Waals surface area (Å²) in [5.74, 6) is 1.80. The highest BCUT2D eigenvalue weighted by atomic mass is 15.2. The van der Waals surface area contributed by atoms with E-state index in [0.717, 1.165) is 23.9 Å². The van der Waals surface area contributed by atoms with Crippen LogP contribution in [0.3, 0.4) is 0 Å². The minimum Gasteiger partial charge on any atom is -0.301 e. The molecule has 2 heterocycles. The van der Waals surface area contributed by atoms with Crippen molar-refractivity contribution in [2.24, 2.45) is 11.8 Å². The maximum atomic E-state index is 2.82. The Morgan fingerprint density at radius 2 is 1.33 bits per heavy atom. The SMILES string of the molecule is CC1CCC(C)CN(C2CCN(C(C)C)CC2)C1. The van der Waals surface area contributed by atoms with Crippen LogP contribution in [0.15, 0.2) is 0 Å². The minimum atomic E-state index is 0.730. The first-order valence-corrected chi connectivity index (χ1v) is 8.04. The number of rotatable bonds is 2. The molecule has 18 heavy (non-hydrogen) atoms. The topological polar surface area (TPSA) is 6.48 Å². The van der Waals surface area contributed by atoms with E-state index in [0.29, 0.717) is 0 Å². The van der Waals surface area contributed by atoms with Gasteiger partial charge in [-0.05, 0) is 64.5 Å². The van der Waals surface area contributed by atoms with E-state index in [9.17, 15) is 0 Å². The summed E-state index contributed by atoms with van der Waals surface area (Å²) in [6, 6.07) is 1.59. The van der Waals surface area contributed by atoms with E-state index in [1.54, 1.807) is 0 Å². The van der Waals surface area contributed by atoms with Gasteiger partial charge in [-0.25, -0.2) is 0 Å². The van der Waals surface area contributed by atoms with Gasteiger partial charge in [-0.15, -0.1) is 0 Å². The molecule has 2 unspecified atom stereocenters. The lowest BCUT2D eigenvalue weighted by Gasteiger charge is -2.40. The Balaban J connectivity index is 1.87. The highest BCUT2D eigenvalue weighted by molar-refractivity contribution is 4.84. The molecule has 0 aliphatic carbocycles. The fraction of sp³-hybridized carbons (Fsp3) is 1.00. The third kappa shape index (κ3) is 3.71.